The van der Waals surface area contributed by atoms with Gasteiger partial charge in [-0.2, -0.15) is 0 Å². The summed E-state index contributed by atoms with van der Waals surface area (Å²) in [7, 11) is 0. The molecule has 1 rings (SSSR count). The van der Waals surface area contributed by atoms with Crippen LogP contribution in [0.4, 0.5) is 5.69 Å². The van der Waals surface area contributed by atoms with Crippen LogP contribution in [0.1, 0.15) is 30.6 Å². The summed E-state index contributed by atoms with van der Waals surface area (Å²) in [6, 6.07) is 6.80. The van der Waals surface area contributed by atoms with Crippen LogP contribution in [0.3, 0.4) is 0 Å². The Labute approximate surface area is 151 Å². The Morgan fingerprint density at radius 1 is 1.16 bits per heavy atom. The van der Waals surface area contributed by atoms with E-state index in [1.807, 2.05) is 6.92 Å². The number of anilines is 1. The van der Waals surface area contributed by atoms with Gasteiger partial charge in [0, 0.05) is 18.7 Å². The Hall–Kier alpha value is -2.74. The molecule has 25 heavy (non-hydrogen) atoms. The largest absolute Gasteiger partial charge is 0.463 e. The van der Waals surface area contributed by atoms with Crippen molar-refractivity contribution in [2.24, 2.45) is 0 Å². The fraction of sp³-hybridized carbons (Fsp3) is 0.294. The number of carbonyl (C=O) groups excluding carboxylic acids is 3. The van der Waals surface area contributed by atoms with Gasteiger partial charge in [0.25, 0.3) is 5.91 Å². The third kappa shape index (κ3) is 7.58. The van der Waals surface area contributed by atoms with Gasteiger partial charge in [-0.3, -0.25) is 14.9 Å². The molecule has 0 aromatic heterocycles. The van der Waals surface area contributed by atoms with Gasteiger partial charge in [0.2, 0.25) is 5.91 Å². The Bertz CT molecular complexity index is 674. The third-order valence-corrected chi connectivity index (χ3v) is 3.05. The molecular formula is C17H21N3O4S. The van der Waals surface area contributed by atoms with Crippen LogP contribution in [0.15, 0.2) is 36.4 Å². The van der Waals surface area contributed by atoms with Gasteiger partial charge in [0.1, 0.15) is 0 Å². The quantitative estimate of drug-likeness (QED) is 0.388. The Morgan fingerprint density at radius 3 is 2.56 bits per heavy atom. The summed E-state index contributed by atoms with van der Waals surface area (Å²) in [6.07, 6.45) is 2.85. The number of para-hydroxylation sites is 1. The van der Waals surface area contributed by atoms with E-state index in [9.17, 15) is 14.4 Å². The van der Waals surface area contributed by atoms with Crippen molar-refractivity contribution in [2.45, 2.75) is 20.3 Å². The number of hydrogen-bond acceptors (Lipinski definition) is 5. The highest BCUT2D eigenvalue weighted by Crippen LogP contribution is 2.14. The molecule has 2 amide bonds. The molecule has 134 valence electrons. The molecular weight excluding hydrogens is 342 g/mol. The Kier molecular flexibility index (Phi) is 8.87. The number of thiocarbonyl (C=S) groups is 1. The highest BCUT2D eigenvalue weighted by molar-refractivity contribution is 7.80. The van der Waals surface area contributed by atoms with Gasteiger partial charge in [0.15, 0.2) is 5.11 Å². The van der Waals surface area contributed by atoms with Crippen LogP contribution >= 0.6 is 12.2 Å². The van der Waals surface area contributed by atoms with E-state index in [0.717, 1.165) is 18.6 Å². The lowest BCUT2D eigenvalue weighted by Crippen LogP contribution is -2.34. The third-order valence-electron chi connectivity index (χ3n) is 2.85. The summed E-state index contributed by atoms with van der Waals surface area (Å²) in [4.78, 5) is 35.0. The van der Waals surface area contributed by atoms with Crippen molar-refractivity contribution < 1.29 is 19.1 Å². The van der Waals surface area contributed by atoms with Gasteiger partial charge >= 0.3 is 5.97 Å². The lowest BCUT2D eigenvalue weighted by Gasteiger charge is -2.12. The average Bonchev–Trinajstić information content (AvgIpc) is 2.58. The second-order valence-corrected chi connectivity index (χ2v) is 5.24. The number of rotatable bonds is 7. The minimum absolute atomic E-state index is 0.00857. The first kappa shape index (κ1) is 20.3. The molecule has 0 fully saturated rings. The zero-order valence-corrected chi connectivity index (χ0v) is 14.9. The summed E-state index contributed by atoms with van der Waals surface area (Å²) >= 11 is 5.05. The number of benzene rings is 1. The molecule has 0 atom stereocenters. The standard InChI is InChI=1S/C17H21N3O4S/c1-3-11-18-16(23)12-7-5-6-8-13(12)19-17(25)20-14(21)9-10-15(22)24-4-2/h5-10H,3-4,11H2,1-2H3,(H,18,23)(H2,19,20,21,25)/b10-9+. The molecule has 1 aromatic rings. The smallest absolute Gasteiger partial charge is 0.330 e. The fourth-order valence-corrected chi connectivity index (χ4v) is 1.98. The maximum Gasteiger partial charge on any atom is 0.330 e. The highest BCUT2D eigenvalue weighted by Gasteiger charge is 2.11. The number of ether oxygens (including phenoxy) is 1. The number of carbonyl (C=O) groups is 3. The summed E-state index contributed by atoms with van der Waals surface area (Å²) in [5.74, 6) is -1.44. The van der Waals surface area contributed by atoms with Crippen LogP contribution in [0.5, 0.6) is 0 Å². The number of hydrogen-bond donors (Lipinski definition) is 3. The molecule has 0 bridgehead atoms. The summed E-state index contributed by atoms with van der Waals surface area (Å²) < 4.78 is 4.67. The summed E-state index contributed by atoms with van der Waals surface area (Å²) in [5, 5.41) is 7.97. The summed E-state index contributed by atoms with van der Waals surface area (Å²) in [5.41, 5.74) is 0.880. The van der Waals surface area contributed by atoms with Crippen molar-refractivity contribution in [3.63, 3.8) is 0 Å². The molecule has 3 N–H and O–H groups in total. The molecule has 0 aliphatic heterocycles. The zero-order chi connectivity index (χ0) is 18.7. The molecule has 0 saturated carbocycles. The molecule has 1 aromatic carbocycles. The topological polar surface area (TPSA) is 96.5 Å². The van der Waals surface area contributed by atoms with Gasteiger partial charge in [0.05, 0.1) is 17.9 Å². The van der Waals surface area contributed by atoms with Crippen LogP contribution in [0, 0.1) is 0 Å². The van der Waals surface area contributed by atoms with Crippen LogP contribution in [0.25, 0.3) is 0 Å². The van der Waals surface area contributed by atoms with Crippen molar-refractivity contribution in [3.05, 3.63) is 42.0 Å². The maximum atomic E-state index is 12.1. The van der Waals surface area contributed by atoms with Crippen molar-refractivity contribution in [1.82, 2.24) is 10.6 Å². The second kappa shape index (κ2) is 10.9. The fourth-order valence-electron chi connectivity index (χ4n) is 1.77. The van der Waals surface area contributed by atoms with E-state index in [4.69, 9.17) is 12.2 Å². The Morgan fingerprint density at radius 2 is 1.88 bits per heavy atom. The van der Waals surface area contributed by atoms with Crippen LogP contribution in [-0.2, 0) is 14.3 Å². The van der Waals surface area contributed by atoms with E-state index >= 15 is 0 Å². The van der Waals surface area contributed by atoms with Crippen LogP contribution in [-0.4, -0.2) is 36.0 Å². The normalized spacial score (nSPS) is 10.2. The van der Waals surface area contributed by atoms with Crippen LogP contribution in [0.2, 0.25) is 0 Å². The number of amides is 2. The molecule has 0 aliphatic rings. The van der Waals surface area contributed by atoms with Gasteiger partial charge in [-0.05, 0) is 37.7 Å². The maximum absolute atomic E-state index is 12.1. The molecule has 8 heteroatoms. The van der Waals surface area contributed by atoms with E-state index in [2.05, 4.69) is 20.7 Å². The minimum atomic E-state index is -0.616. The van der Waals surface area contributed by atoms with Gasteiger partial charge in [-0.1, -0.05) is 19.1 Å². The Balaban J connectivity index is 2.67. The second-order valence-electron chi connectivity index (χ2n) is 4.83. The van der Waals surface area contributed by atoms with Gasteiger partial charge < -0.3 is 15.4 Å². The predicted molar refractivity (Wildman–Crippen MR) is 99.2 cm³/mol. The van der Waals surface area contributed by atoms with E-state index in [0.29, 0.717) is 17.8 Å². The van der Waals surface area contributed by atoms with E-state index < -0.39 is 11.9 Å². The van der Waals surface area contributed by atoms with Crippen LogP contribution < -0.4 is 16.0 Å². The molecule has 0 unspecified atom stereocenters. The first-order valence-electron chi connectivity index (χ1n) is 7.82. The first-order valence-corrected chi connectivity index (χ1v) is 8.22. The van der Waals surface area contributed by atoms with Crippen molar-refractivity contribution in [2.75, 3.05) is 18.5 Å². The van der Waals surface area contributed by atoms with E-state index in [1.165, 1.54) is 0 Å². The predicted octanol–water partition coefficient (Wildman–Crippen LogP) is 1.76. The monoisotopic (exact) mass is 363 g/mol. The number of esters is 1. The first-order chi connectivity index (χ1) is 12.0. The molecule has 0 heterocycles. The minimum Gasteiger partial charge on any atom is -0.463 e. The molecule has 0 radical (unpaired) electrons. The van der Waals surface area contributed by atoms with E-state index in [1.54, 1.807) is 31.2 Å². The zero-order valence-electron chi connectivity index (χ0n) is 14.1. The molecule has 0 spiro atoms. The molecule has 0 aliphatic carbocycles. The highest BCUT2D eigenvalue weighted by atomic mass is 32.1. The molecule has 7 nitrogen and oxygen atoms in total. The summed E-state index contributed by atoms with van der Waals surface area (Å²) in [6.45, 7) is 4.41. The average molecular weight is 363 g/mol. The van der Waals surface area contributed by atoms with Crippen molar-refractivity contribution >= 4 is 40.8 Å². The van der Waals surface area contributed by atoms with Gasteiger partial charge in [-0.15, -0.1) is 0 Å². The number of nitrogens with one attached hydrogen (secondary N) is 3. The van der Waals surface area contributed by atoms with E-state index in [-0.39, 0.29) is 17.6 Å². The lowest BCUT2D eigenvalue weighted by molar-refractivity contribution is -0.137. The van der Waals surface area contributed by atoms with Crippen molar-refractivity contribution in [3.8, 4) is 0 Å². The lowest BCUT2D eigenvalue weighted by atomic mass is 10.1. The SMILES string of the molecule is CCCNC(=O)c1ccccc1NC(=S)NC(=O)/C=C/C(=O)OCC. The molecule has 0 saturated heterocycles. The van der Waals surface area contributed by atoms with Gasteiger partial charge in [-0.25, -0.2) is 4.79 Å². The van der Waals surface area contributed by atoms with Crippen molar-refractivity contribution in [1.29, 1.82) is 0 Å².